The Balaban J connectivity index is 0.00000264. The van der Waals surface area contributed by atoms with Crippen LogP contribution in [0.3, 0.4) is 0 Å². The summed E-state index contributed by atoms with van der Waals surface area (Å²) in [5.74, 6) is 0.292. The van der Waals surface area contributed by atoms with Gasteiger partial charge in [0.05, 0.1) is 17.9 Å². The van der Waals surface area contributed by atoms with Crippen LogP contribution in [0, 0.1) is 0 Å². The lowest BCUT2D eigenvalue weighted by atomic mass is 10.1. The monoisotopic (exact) mass is 360 g/mol. The molecule has 1 heterocycles. The third-order valence-corrected chi connectivity index (χ3v) is 5.81. The number of carbonyl (C=O) groups is 1. The lowest BCUT2D eigenvalue weighted by Crippen LogP contribution is -2.42. The molecule has 0 aliphatic carbocycles. The summed E-state index contributed by atoms with van der Waals surface area (Å²) in [7, 11) is -2.99. The van der Waals surface area contributed by atoms with Crippen molar-refractivity contribution in [3.8, 4) is 0 Å². The minimum absolute atomic E-state index is 0. The molecule has 0 saturated carbocycles. The minimum atomic E-state index is -2.99. The van der Waals surface area contributed by atoms with Gasteiger partial charge in [-0.3, -0.25) is 4.79 Å². The van der Waals surface area contributed by atoms with Crippen molar-refractivity contribution >= 4 is 33.8 Å². The Bertz CT molecular complexity index is 617. The van der Waals surface area contributed by atoms with Crippen LogP contribution in [0.2, 0.25) is 0 Å². The molecule has 7 heteroatoms. The molecule has 1 atom stereocenters. The molecule has 1 fully saturated rings. The fraction of sp³-hybridized carbons (Fsp3) is 0.562. The molecule has 1 aromatic carbocycles. The van der Waals surface area contributed by atoms with Crippen molar-refractivity contribution in [2.45, 2.75) is 38.6 Å². The molecule has 5 nitrogen and oxygen atoms in total. The molecule has 1 aliphatic heterocycles. The highest BCUT2D eigenvalue weighted by atomic mass is 35.5. The van der Waals surface area contributed by atoms with Gasteiger partial charge in [0.2, 0.25) is 5.91 Å². The van der Waals surface area contributed by atoms with Gasteiger partial charge in [-0.05, 0) is 30.5 Å². The van der Waals surface area contributed by atoms with Gasteiger partial charge in [-0.15, -0.1) is 12.4 Å². The highest BCUT2D eigenvalue weighted by molar-refractivity contribution is 7.91. The quantitative estimate of drug-likeness (QED) is 0.787. The fourth-order valence-electron chi connectivity index (χ4n) is 2.77. The van der Waals surface area contributed by atoms with Gasteiger partial charge in [-0.1, -0.05) is 25.5 Å². The van der Waals surface area contributed by atoms with Gasteiger partial charge >= 0.3 is 0 Å². The average Bonchev–Trinajstić information content (AvgIpc) is 2.82. The minimum Gasteiger partial charge on any atom is -0.399 e. The van der Waals surface area contributed by atoms with Crippen LogP contribution in [0.4, 0.5) is 5.69 Å². The zero-order valence-corrected chi connectivity index (χ0v) is 15.0. The first kappa shape index (κ1) is 19.8. The van der Waals surface area contributed by atoms with E-state index in [0.29, 0.717) is 25.1 Å². The van der Waals surface area contributed by atoms with Crippen LogP contribution < -0.4 is 5.73 Å². The molecule has 1 unspecified atom stereocenters. The second-order valence-electron chi connectivity index (χ2n) is 5.92. The Hall–Kier alpha value is -1.27. The first-order valence-corrected chi connectivity index (χ1v) is 9.57. The first-order chi connectivity index (χ1) is 10.4. The van der Waals surface area contributed by atoms with Crippen LogP contribution in [0.25, 0.3) is 0 Å². The number of hydrogen-bond acceptors (Lipinski definition) is 4. The van der Waals surface area contributed by atoms with Gasteiger partial charge in [0.25, 0.3) is 0 Å². The predicted octanol–water partition coefficient (Wildman–Crippen LogP) is 2.05. The number of amides is 1. The summed E-state index contributed by atoms with van der Waals surface area (Å²) >= 11 is 0. The van der Waals surface area contributed by atoms with Crippen molar-refractivity contribution < 1.29 is 13.2 Å². The second kappa shape index (κ2) is 8.55. The Morgan fingerprint density at radius 2 is 1.96 bits per heavy atom. The summed E-state index contributed by atoms with van der Waals surface area (Å²) in [6.07, 6.45) is 2.72. The number of nitrogen functional groups attached to an aromatic ring is 1. The molecule has 1 aromatic rings. The van der Waals surface area contributed by atoms with Crippen molar-refractivity contribution in [3.63, 3.8) is 0 Å². The van der Waals surface area contributed by atoms with E-state index in [4.69, 9.17) is 5.73 Å². The molecule has 1 aliphatic rings. The smallest absolute Gasteiger partial charge is 0.227 e. The third-order valence-electron chi connectivity index (χ3n) is 4.06. The normalized spacial score (nSPS) is 19.1. The van der Waals surface area contributed by atoms with Gasteiger partial charge in [0.15, 0.2) is 9.84 Å². The maximum Gasteiger partial charge on any atom is 0.227 e. The van der Waals surface area contributed by atoms with Crippen LogP contribution in [-0.4, -0.2) is 43.3 Å². The van der Waals surface area contributed by atoms with E-state index in [1.807, 2.05) is 12.1 Å². The van der Waals surface area contributed by atoms with Gasteiger partial charge in [0, 0.05) is 18.3 Å². The number of benzene rings is 1. The summed E-state index contributed by atoms with van der Waals surface area (Å²) in [6.45, 7) is 2.69. The second-order valence-corrected chi connectivity index (χ2v) is 8.14. The molecule has 2 rings (SSSR count). The summed E-state index contributed by atoms with van der Waals surface area (Å²) < 4.78 is 23.4. The van der Waals surface area contributed by atoms with E-state index in [1.54, 1.807) is 17.0 Å². The molecule has 0 radical (unpaired) electrons. The molecule has 0 aromatic heterocycles. The number of anilines is 1. The van der Waals surface area contributed by atoms with Crippen LogP contribution in [0.5, 0.6) is 0 Å². The molecule has 0 spiro atoms. The van der Waals surface area contributed by atoms with Crippen LogP contribution in [0.15, 0.2) is 24.3 Å². The zero-order chi connectivity index (χ0) is 16.2. The molecular formula is C16H25ClN2O3S. The average molecular weight is 361 g/mol. The van der Waals surface area contributed by atoms with E-state index in [-0.39, 0.29) is 35.9 Å². The van der Waals surface area contributed by atoms with E-state index in [1.165, 1.54) is 0 Å². The number of unbranched alkanes of at least 4 members (excludes halogenated alkanes) is 1. The van der Waals surface area contributed by atoms with Crippen molar-refractivity contribution in [1.29, 1.82) is 0 Å². The number of hydrogen-bond donors (Lipinski definition) is 1. The van der Waals surface area contributed by atoms with Gasteiger partial charge in [-0.25, -0.2) is 8.42 Å². The number of nitrogens with two attached hydrogens (primary N) is 1. The first-order valence-electron chi connectivity index (χ1n) is 7.75. The Labute approximate surface area is 144 Å². The SMILES string of the molecule is CCCCN(C(=O)Cc1ccc(N)cc1)C1CCS(=O)(=O)C1.Cl. The maximum absolute atomic E-state index is 12.6. The lowest BCUT2D eigenvalue weighted by molar-refractivity contribution is -0.132. The lowest BCUT2D eigenvalue weighted by Gasteiger charge is -2.28. The molecule has 130 valence electrons. The van der Waals surface area contributed by atoms with Crippen molar-refractivity contribution in [2.24, 2.45) is 0 Å². The highest BCUT2D eigenvalue weighted by Gasteiger charge is 2.34. The standard InChI is InChI=1S/C16H24N2O3S.ClH/c1-2-3-9-18(15-8-10-22(20,21)12-15)16(19)11-13-4-6-14(17)7-5-13;/h4-7,15H,2-3,8-12,17H2,1H3;1H. The number of halogens is 1. The number of sulfone groups is 1. The summed E-state index contributed by atoms with van der Waals surface area (Å²) in [5.41, 5.74) is 7.22. The topological polar surface area (TPSA) is 80.5 Å². The van der Waals surface area contributed by atoms with E-state index < -0.39 is 9.84 Å². The molecule has 1 amide bonds. The van der Waals surface area contributed by atoms with Crippen LogP contribution in [0.1, 0.15) is 31.7 Å². The summed E-state index contributed by atoms with van der Waals surface area (Å²) in [5, 5.41) is 0. The number of rotatable bonds is 6. The predicted molar refractivity (Wildman–Crippen MR) is 95.5 cm³/mol. The Kier molecular flexibility index (Phi) is 7.35. The van der Waals surface area contributed by atoms with Gasteiger partial charge in [-0.2, -0.15) is 0 Å². The zero-order valence-electron chi connectivity index (χ0n) is 13.4. The van der Waals surface area contributed by atoms with E-state index >= 15 is 0 Å². The van der Waals surface area contributed by atoms with Gasteiger partial charge in [0.1, 0.15) is 0 Å². The summed E-state index contributed by atoms with van der Waals surface area (Å²) in [6, 6.07) is 7.07. The van der Waals surface area contributed by atoms with E-state index in [0.717, 1.165) is 18.4 Å². The summed E-state index contributed by atoms with van der Waals surface area (Å²) in [4.78, 5) is 14.4. The Morgan fingerprint density at radius 1 is 1.30 bits per heavy atom. The largest absolute Gasteiger partial charge is 0.399 e. The molecule has 0 bridgehead atoms. The third kappa shape index (κ3) is 5.70. The van der Waals surface area contributed by atoms with E-state index in [9.17, 15) is 13.2 Å². The van der Waals surface area contributed by atoms with Crippen LogP contribution in [-0.2, 0) is 21.1 Å². The number of carbonyl (C=O) groups excluding carboxylic acids is 1. The van der Waals surface area contributed by atoms with Crippen LogP contribution >= 0.6 is 12.4 Å². The Morgan fingerprint density at radius 3 is 2.48 bits per heavy atom. The van der Waals surface area contributed by atoms with Gasteiger partial charge < -0.3 is 10.6 Å². The molecule has 1 saturated heterocycles. The molecule has 23 heavy (non-hydrogen) atoms. The molecule has 2 N–H and O–H groups in total. The van der Waals surface area contributed by atoms with Crippen molar-refractivity contribution in [1.82, 2.24) is 4.90 Å². The van der Waals surface area contributed by atoms with Crippen molar-refractivity contribution in [3.05, 3.63) is 29.8 Å². The van der Waals surface area contributed by atoms with Crippen molar-refractivity contribution in [2.75, 3.05) is 23.8 Å². The number of nitrogens with zero attached hydrogens (tertiary/aromatic N) is 1. The maximum atomic E-state index is 12.6. The van der Waals surface area contributed by atoms with E-state index in [2.05, 4.69) is 6.92 Å². The highest BCUT2D eigenvalue weighted by Crippen LogP contribution is 2.20. The fourth-order valence-corrected chi connectivity index (χ4v) is 4.50. The molecular weight excluding hydrogens is 336 g/mol.